The van der Waals surface area contributed by atoms with Crippen molar-refractivity contribution in [3.63, 3.8) is 0 Å². The van der Waals surface area contributed by atoms with Crippen molar-refractivity contribution in [3.8, 4) is 0 Å². The Hall–Kier alpha value is -2.47. The minimum Gasteiger partial charge on any atom is -0.355 e. The summed E-state index contributed by atoms with van der Waals surface area (Å²) >= 11 is 0. The lowest BCUT2D eigenvalue weighted by Gasteiger charge is -2.31. The van der Waals surface area contributed by atoms with Gasteiger partial charge in [-0.3, -0.25) is 14.7 Å². The van der Waals surface area contributed by atoms with E-state index in [1.165, 1.54) is 11.1 Å². The first-order valence-electron chi connectivity index (χ1n) is 10.3. The fourth-order valence-electron chi connectivity index (χ4n) is 3.72. The maximum atomic E-state index is 12.7. The third kappa shape index (κ3) is 5.29. The Morgan fingerprint density at radius 3 is 2.50 bits per heavy atom. The van der Waals surface area contributed by atoms with Gasteiger partial charge in [-0.15, -0.1) is 0 Å². The molecule has 6 heteroatoms. The van der Waals surface area contributed by atoms with Gasteiger partial charge < -0.3 is 10.2 Å². The Bertz CT molecular complexity index is 740. The summed E-state index contributed by atoms with van der Waals surface area (Å²) in [6, 6.07) is 8.41. The fourth-order valence-corrected chi connectivity index (χ4v) is 3.72. The summed E-state index contributed by atoms with van der Waals surface area (Å²) in [5.74, 6) is 1.13. The van der Waals surface area contributed by atoms with Gasteiger partial charge in [-0.05, 0) is 37.1 Å². The van der Waals surface area contributed by atoms with Crippen molar-refractivity contribution in [2.75, 3.05) is 31.1 Å². The van der Waals surface area contributed by atoms with Crippen LogP contribution in [-0.4, -0.2) is 47.0 Å². The molecule has 150 valence electrons. The molecule has 1 aromatic carbocycles. The van der Waals surface area contributed by atoms with Crippen LogP contribution < -0.4 is 10.2 Å². The molecule has 1 aliphatic heterocycles. The average Bonchev–Trinajstić information content (AvgIpc) is 2.77. The topological polar surface area (TPSA) is 61.4 Å². The highest BCUT2D eigenvalue weighted by Gasteiger charge is 2.25. The molecule has 1 aliphatic rings. The summed E-state index contributed by atoms with van der Waals surface area (Å²) in [6.45, 7) is 9.63. The maximum Gasteiger partial charge on any atom is 0.223 e. The van der Waals surface area contributed by atoms with E-state index < -0.39 is 0 Å². The summed E-state index contributed by atoms with van der Waals surface area (Å²) in [4.78, 5) is 25.8. The van der Waals surface area contributed by atoms with E-state index >= 15 is 0 Å². The van der Waals surface area contributed by atoms with E-state index in [0.717, 1.165) is 51.4 Å². The highest BCUT2D eigenvalue weighted by molar-refractivity contribution is 5.79. The van der Waals surface area contributed by atoms with Crippen LogP contribution in [-0.2, 0) is 17.9 Å². The largest absolute Gasteiger partial charge is 0.355 e. The minimum atomic E-state index is 0.0721. The molecule has 1 amide bonds. The summed E-state index contributed by atoms with van der Waals surface area (Å²) in [7, 11) is 0. The number of piperidine rings is 1. The van der Waals surface area contributed by atoms with Crippen molar-refractivity contribution >= 4 is 11.7 Å². The van der Waals surface area contributed by atoms with E-state index in [0.29, 0.717) is 6.54 Å². The maximum absolute atomic E-state index is 12.7. The van der Waals surface area contributed by atoms with Gasteiger partial charge >= 0.3 is 0 Å². The van der Waals surface area contributed by atoms with Crippen molar-refractivity contribution in [1.29, 1.82) is 0 Å². The smallest absolute Gasteiger partial charge is 0.223 e. The highest BCUT2D eigenvalue weighted by Crippen LogP contribution is 2.21. The predicted molar refractivity (Wildman–Crippen MR) is 112 cm³/mol. The van der Waals surface area contributed by atoms with Gasteiger partial charge in [0.15, 0.2) is 0 Å². The molecule has 1 aromatic heterocycles. The standard InChI is InChI=1S/C22H31N5O/c1-3-26(4-2)17-20-8-6-5-7-19(20)15-25-22(28)18-9-13-27(14-10-18)21-16-23-11-12-24-21/h5-8,11-12,16,18H,3-4,9-10,13-15,17H2,1-2H3,(H,25,28). The van der Waals surface area contributed by atoms with Gasteiger partial charge in [0, 0.05) is 44.5 Å². The third-order valence-corrected chi connectivity index (χ3v) is 5.60. The van der Waals surface area contributed by atoms with Crippen LogP contribution in [0, 0.1) is 5.92 Å². The number of amides is 1. The van der Waals surface area contributed by atoms with Crippen molar-refractivity contribution < 1.29 is 4.79 Å². The van der Waals surface area contributed by atoms with Crippen LogP contribution in [0.25, 0.3) is 0 Å². The second kappa shape index (κ2) is 10.2. The fraction of sp³-hybridized carbons (Fsp3) is 0.500. The Balaban J connectivity index is 1.51. The number of nitrogens with zero attached hydrogens (tertiary/aromatic N) is 4. The Kier molecular flexibility index (Phi) is 7.37. The lowest BCUT2D eigenvalue weighted by molar-refractivity contribution is -0.125. The predicted octanol–water partition coefficient (Wildman–Crippen LogP) is 2.85. The summed E-state index contributed by atoms with van der Waals surface area (Å²) in [6.07, 6.45) is 6.88. The summed E-state index contributed by atoms with van der Waals surface area (Å²) in [5.41, 5.74) is 2.50. The lowest BCUT2D eigenvalue weighted by atomic mass is 9.95. The molecule has 0 radical (unpaired) electrons. The number of nitrogens with one attached hydrogen (secondary N) is 1. The van der Waals surface area contributed by atoms with Crippen LogP contribution in [0.4, 0.5) is 5.82 Å². The van der Waals surface area contributed by atoms with Crippen LogP contribution in [0.15, 0.2) is 42.9 Å². The molecule has 0 aliphatic carbocycles. The first kappa shape index (κ1) is 20.3. The second-order valence-corrected chi connectivity index (χ2v) is 7.27. The minimum absolute atomic E-state index is 0.0721. The number of rotatable bonds is 8. The monoisotopic (exact) mass is 381 g/mol. The molecule has 1 N–H and O–H groups in total. The molecule has 28 heavy (non-hydrogen) atoms. The van der Waals surface area contributed by atoms with Gasteiger partial charge in [-0.1, -0.05) is 38.1 Å². The number of hydrogen-bond acceptors (Lipinski definition) is 5. The number of carbonyl (C=O) groups excluding carboxylic acids is 1. The summed E-state index contributed by atoms with van der Waals surface area (Å²) < 4.78 is 0. The molecule has 3 rings (SSSR count). The molecule has 1 saturated heterocycles. The van der Waals surface area contributed by atoms with Crippen LogP contribution in [0.5, 0.6) is 0 Å². The van der Waals surface area contributed by atoms with Gasteiger partial charge in [-0.25, -0.2) is 4.98 Å². The van der Waals surface area contributed by atoms with Crippen molar-refractivity contribution in [3.05, 3.63) is 54.0 Å². The van der Waals surface area contributed by atoms with Crippen LogP contribution >= 0.6 is 0 Å². The van der Waals surface area contributed by atoms with E-state index in [-0.39, 0.29) is 11.8 Å². The number of aromatic nitrogens is 2. The van der Waals surface area contributed by atoms with E-state index in [1.54, 1.807) is 18.6 Å². The molecular weight excluding hydrogens is 350 g/mol. The normalized spacial score (nSPS) is 15.0. The van der Waals surface area contributed by atoms with E-state index in [9.17, 15) is 4.79 Å². The zero-order valence-electron chi connectivity index (χ0n) is 17.0. The first-order chi connectivity index (χ1) is 13.7. The highest BCUT2D eigenvalue weighted by atomic mass is 16.1. The SMILES string of the molecule is CCN(CC)Cc1ccccc1CNC(=O)C1CCN(c2cnccn2)CC1. The van der Waals surface area contributed by atoms with E-state index in [2.05, 4.69) is 57.1 Å². The Morgan fingerprint density at radius 2 is 1.86 bits per heavy atom. The molecule has 2 aromatic rings. The molecule has 2 heterocycles. The Morgan fingerprint density at radius 1 is 1.14 bits per heavy atom. The van der Waals surface area contributed by atoms with Crippen LogP contribution in [0.2, 0.25) is 0 Å². The van der Waals surface area contributed by atoms with Gasteiger partial charge in [0.2, 0.25) is 5.91 Å². The average molecular weight is 382 g/mol. The number of anilines is 1. The lowest BCUT2D eigenvalue weighted by Crippen LogP contribution is -2.40. The zero-order valence-corrected chi connectivity index (χ0v) is 17.0. The van der Waals surface area contributed by atoms with Gasteiger partial charge in [-0.2, -0.15) is 0 Å². The molecule has 1 fully saturated rings. The molecule has 6 nitrogen and oxygen atoms in total. The third-order valence-electron chi connectivity index (χ3n) is 5.60. The molecule has 0 unspecified atom stereocenters. The van der Waals surface area contributed by atoms with Gasteiger partial charge in [0.1, 0.15) is 5.82 Å². The van der Waals surface area contributed by atoms with Gasteiger partial charge in [0.05, 0.1) is 6.20 Å². The first-order valence-corrected chi connectivity index (χ1v) is 10.3. The van der Waals surface area contributed by atoms with E-state index in [1.807, 2.05) is 6.07 Å². The zero-order chi connectivity index (χ0) is 19.8. The molecule has 0 saturated carbocycles. The van der Waals surface area contributed by atoms with Crippen molar-refractivity contribution in [1.82, 2.24) is 20.2 Å². The number of carbonyl (C=O) groups is 1. The quantitative estimate of drug-likeness (QED) is 0.762. The molecule has 0 atom stereocenters. The van der Waals surface area contributed by atoms with Crippen LogP contribution in [0.3, 0.4) is 0 Å². The molecular formula is C22H31N5O. The Labute approximate surface area is 168 Å². The number of hydrogen-bond donors (Lipinski definition) is 1. The number of benzene rings is 1. The molecule has 0 bridgehead atoms. The van der Waals surface area contributed by atoms with E-state index in [4.69, 9.17) is 0 Å². The van der Waals surface area contributed by atoms with Crippen molar-refractivity contribution in [2.45, 2.75) is 39.8 Å². The van der Waals surface area contributed by atoms with Crippen LogP contribution in [0.1, 0.15) is 37.8 Å². The summed E-state index contributed by atoms with van der Waals surface area (Å²) in [5, 5.41) is 3.17. The van der Waals surface area contributed by atoms with Gasteiger partial charge in [0.25, 0.3) is 0 Å². The second-order valence-electron chi connectivity index (χ2n) is 7.27. The van der Waals surface area contributed by atoms with Crippen molar-refractivity contribution in [2.24, 2.45) is 5.92 Å². The molecule has 0 spiro atoms.